The van der Waals surface area contributed by atoms with E-state index in [9.17, 15) is 22.4 Å². The van der Waals surface area contributed by atoms with Gasteiger partial charge in [0.2, 0.25) is 21.7 Å². The number of likely N-dealkylation sites (N-methyl/N-ethyl adjacent to an activating group) is 1. The summed E-state index contributed by atoms with van der Waals surface area (Å²) in [5.74, 6) is -0.863. The van der Waals surface area contributed by atoms with Crippen molar-refractivity contribution in [1.82, 2.24) is 10.2 Å². The molecule has 2 amide bonds. The van der Waals surface area contributed by atoms with E-state index in [1.807, 2.05) is 30.3 Å². The number of hydrogen-bond acceptors (Lipinski definition) is 4. The standard InChI is InChI=1S/C29H31FN2O4S/c1-32(29(34)16-13-21-7-3-2-4-8-21)20-28(33)31-19-23-10-5-9-22-17-26(14-15-27(22)23)37(35,36)25-12-6-11-24(30)18-25/h2-4,6-8,11-12,14-15,17-18,23H,5,9-10,13,16,19-20H2,1H3,(H,31,33)/t23-/m0/s1. The molecule has 1 aliphatic carbocycles. The number of benzene rings is 3. The maximum Gasteiger partial charge on any atom is 0.239 e. The van der Waals surface area contributed by atoms with Gasteiger partial charge in [-0.2, -0.15) is 0 Å². The molecule has 194 valence electrons. The molecule has 0 aliphatic heterocycles. The van der Waals surface area contributed by atoms with Crippen LogP contribution in [0.2, 0.25) is 0 Å². The second kappa shape index (κ2) is 11.7. The topological polar surface area (TPSA) is 83.6 Å². The molecule has 0 fully saturated rings. The lowest BCUT2D eigenvalue weighted by Crippen LogP contribution is -2.40. The van der Waals surface area contributed by atoms with Crippen LogP contribution in [-0.4, -0.2) is 45.3 Å². The molecule has 0 spiro atoms. The van der Waals surface area contributed by atoms with Gasteiger partial charge in [0, 0.05) is 25.9 Å². The molecule has 0 heterocycles. The predicted octanol–water partition coefficient (Wildman–Crippen LogP) is 4.29. The van der Waals surface area contributed by atoms with Crippen molar-refractivity contribution in [1.29, 1.82) is 0 Å². The smallest absolute Gasteiger partial charge is 0.239 e. The van der Waals surface area contributed by atoms with E-state index in [1.54, 1.807) is 25.2 Å². The summed E-state index contributed by atoms with van der Waals surface area (Å²) in [5, 5.41) is 2.94. The normalized spacial score (nSPS) is 15.0. The minimum atomic E-state index is -3.83. The Hall–Kier alpha value is -3.52. The molecule has 0 bridgehead atoms. The number of aryl methyl sites for hydroxylation is 2. The van der Waals surface area contributed by atoms with Crippen LogP contribution in [0.5, 0.6) is 0 Å². The van der Waals surface area contributed by atoms with Crippen LogP contribution in [0.25, 0.3) is 0 Å². The summed E-state index contributed by atoms with van der Waals surface area (Å²) in [6, 6.07) is 19.8. The van der Waals surface area contributed by atoms with Crippen LogP contribution in [-0.2, 0) is 32.3 Å². The minimum Gasteiger partial charge on any atom is -0.354 e. The molecule has 0 unspecified atom stereocenters. The summed E-state index contributed by atoms with van der Waals surface area (Å²) in [7, 11) is -2.20. The molecule has 1 N–H and O–H groups in total. The van der Waals surface area contributed by atoms with Gasteiger partial charge in [0.15, 0.2) is 0 Å². The fraction of sp³-hybridized carbons (Fsp3) is 0.310. The maximum atomic E-state index is 13.6. The summed E-state index contributed by atoms with van der Waals surface area (Å²) in [5.41, 5.74) is 3.02. The molecule has 0 radical (unpaired) electrons. The number of hydrogen-bond donors (Lipinski definition) is 1. The Morgan fingerprint density at radius 3 is 2.51 bits per heavy atom. The first-order valence-corrected chi connectivity index (χ1v) is 13.9. The Labute approximate surface area is 217 Å². The third-order valence-corrected chi connectivity index (χ3v) is 8.54. The highest BCUT2D eigenvalue weighted by molar-refractivity contribution is 7.91. The number of rotatable bonds is 9. The van der Waals surface area contributed by atoms with Crippen molar-refractivity contribution in [2.45, 2.75) is 47.8 Å². The van der Waals surface area contributed by atoms with Crippen LogP contribution in [0.1, 0.15) is 41.9 Å². The van der Waals surface area contributed by atoms with E-state index in [-0.39, 0.29) is 34.1 Å². The van der Waals surface area contributed by atoms with E-state index in [0.717, 1.165) is 42.0 Å². The summed E-state index contributed by atoms with van der Waals surface area (Å²) < 4.78 is 39.6. The van der Waals surface area contributed by atoms with Crippen molar-refractivity contribution in [2.75, 3.05) is 20.1 Å². The van der Waals surface area contributed by atoms with Gasteiger partial charge < -0.3 is 10.2 Å². The van der Waals surface area contributed by atoms with Gasteiger partial charge in [0.25, 0.3) is 0 Å². The lowest BCUT2D eigenvalue weighted by molar-refractivity contribution is -0.134. The zero-order valence-corrected chi connectivity index (χ0v) is 21.6. The van der Waals surface area contributed by atoms with Crippen molar-refractivity contribution in [3.05, 3.63) is 95.3 Å². The van der Waals surface area contributed by atoms with E-state index in [1.165, 1.54) is 23.1 Å². The Kier molecular flexibility index (Phi) is 8.38. The summed E-state index contributed by atoms with van der Waals surface area (Å²) >= 11 is 0. The van der Waals surface area contributed by atoms with Crippen molar-refractivity contribution >= 4 is 21.7 Å². The number of sulfone groups is 1. The highest BCUT2D eigenvalue weighted by Gasteiger charge is 2.25. The molecule has 0 saturated heterocycles. The van der Waals surface area contributed by atoms with E-state index >= 15 is 0 Å². The van der Waals surface area contributed by atoms with Crippen LogP contribution in [0.4, 0.5) is 4.39 Å². The van der Waals surface area contributed by atoms with E-state index < -0.39 is 15.7 Å². The molecule has 0 aromatic heterocycles. The Balaban J connectivity index is 1.34. The second-order valence-corrected chi connectivity index (χ2v) is 11.4. The van der Waals surface area contributed by atoms with Crippen molar-refractivity contribution in [3.63, 3.8) is 0 Å². The summed E-state index contributed by atoms with van der Waals surface area (Å²) in [6.45, 7) is 0.395. The molecule has 6 nitrogen and oxygen atoms in total. The van der Waals surface area contributed by atoms with E-state index in [2.05, 4.69) is 5.32 Å². The average molecular weight is 523 g/mol. The number of carbonyl (C=O) groups excluding carboxylic acids is 2. The highest BCUT2D eigenvalue weighted by Crippen LogP contribution is 2.34. The monoisotopic (exact) mass is 522 g/mol. The zero-order chi connectivity index (χ0) is 26.4. The Morgan fingerprint density at radius 2 is 1.76 bits per heavy atom. The highest BCUT2D eigenvalue weighted by atomic mass is 32.2. The van der Waals surface area contributed by atoms with Gasteiger partial charge >= 0.3 is 0 Å². The molecule has 4 rings (SSSR count). The first kappa shape index (κ1) is 26.5. The van der Waals surface area contributed by atoms with Crippen LogP contribution >= 0.6 is 0 Å². The lowest BCUT2D eigenvalue weighted by Gasteiger charge is -2.27. The maximum absolute atomic E-state index is 13.6. The van der Waals surface area contributed by atoms with Gasteiger partial charge in [-0.1, -0.05) is 42.5 Å². The Bertz CT molecular complexity index is 1380. The largest absolute Gasteiger partial charge is 0.354 e. The number of nitrogens with zero attached hydrogens (tertiary/aromatic N) is 1. The van der Waals surface area contributed by atoms with Crippen LogP contribution < -0.4 is 5.32 Å². The Morgan fingerprint density at radius 1 is 1.00 bits per heavy atom. The van der Waals surface area contributed by atoms with Crippen LogP contribution in [0, 0.1) is 5.82 Å². The van der Waals surface area contributed by atoms with Crippen LogP contribution in [0.15, 0.2) is 82.6 Å². The van der Waals surface area contributed by atoms with E-state index in [4.69, 9.17) is 0 Å². The third kappa shape index (κ3) is 6.63. The van der Waals surface area contributed by atoms with Gasteiger partial charge in [-0.15, -0.1) is 0 Å². The van der Waals surface area contributed by atoms with Crippen molar-refractivity contribution < 1.29 is 22.4 Å². The molecule has 1 atom stereocenters. The molecular formula is C29H31FN2O4S. The molecule has 3 aromatic rings. The summed E-state index contributed by atoms with van der Waals surface area (Å²) in [4.78, 5) is 26.5. The predicted molar refractivity (Wildman–Crippen MR) is 139 cm³/mol. The van der Waals surface area contributed by atoms with Gasteiger partial charge in [0.1, 0.15) is 5.82 Å². The number of nitrogens with one attached hydrogen (secondary N) is 1. The van der Waals surface area contributed by atoms with Gasteiger partial charge in [-0.3, -0.25) is 9.59 Å². The first-order chi connectivity index (χ1) is 17.7. The number of carbonyl (C=O) groups is 2. The zero-order valence-electron chi connectivity index (χ0n) is 20.8. The van der Waals surface area contributed by atoms with Gasteiger partial charge in [-0.25, -0.2) is 12.8 Å². The molecule has 1 aliphatic rings. The van der Waals surface area contributed by atoms with Crippen LogP contribution in [0.3, 0.4) is 0 Å². The fourth-order valence-corrected chi connectivity index (χ4v) is 6.07. The first-order valence-electron chi connectivity index (χ1n) is 12.4. The number of amides is 2. The van der Waals surface area contributed by atoms with Crippen molar-refractivity contribution in [2.24, 2.45) is 0 Å². The quantitative estimate of drug-likeness (QED) is 0.455. The lowest BCUT2D eigenvalue weighted by atomic mass is 9.83. The van der Waals surface area contributed by atoms with Crippen molar-refractivity contribution in [3.8, 4) is 0 Å². The molecular weight excluding hydrogens is 491 g/mol. The minimum absolute atomic E-state index is 0.0159. The molecule has 0 saturated carbocycles. The average Bonchev–Trinajstić information content (AvgIpc) is 2.90. The third-order valence-electron chi connectivity index (χ3n) is 6.79. The molecule has 8 heteroatoms. The van der Waals surface area contributed by atoms with Gasteiger partial charge in [-0.05, 0) is 72.7 Å². The van der Waals surface area contributed by atoms with E-state index in [0.29, 0.717) is 19.4 Å². The fourth-order valence-electron chi connectivity index (χ4n) is 4.72. The number of fused-ring (bicyclic) bond motifs is 1. The second-order valence-electron chi connectivity index (χ2n) is 9.45. The molecule has 3 aromatic carbocycles. The van der Waals surface area contributed by atoms with Gasteiger partial charge in [0.05, 0.1) is 16.3 Å². The number of halogens is 1. The summed E-state index contributed by atoms with van der Waals surface area (Å²) in [6.07, 6.45) is 3.45. The molecule has 37 heavy (non-hydrogen) atoms. The SMILES string of the molecule is CN(CC(=O)NC[C@@H]1CCCc2cc(S(=O)(=O)c3cccc(F)c3)ccc21)C(=O)CCc1ccccc1.